The zero-order valence-electron chi connectivity index (χ0n) is 22.5. The second kappa shape index (κ2) is 12.1. The third kappa shape index (κ3) is 6.92. The van der Waals surface area contributed by atoms with E-state index in [2.05, 4.69) is 5.32 Å². The summed E-state index contributed by atoms with van der Waals surface area (Å²) in [5.41, 5.74) is 1.97. The quantitative estimate of drug-likeness (QED) is 0.198. The SMILES string of the molecule is CC(C)(C)c1cc(NC(=O)CN(CCc2ccccc2)C(=O)c2cccc([N+](=O)[O-])c2)n(-c2ccccc2Cl)n1. The third-order valence-corrected chi connectivity index (χ3v) is 6.58. The molecule has 1 aromatic heterocycles. The van der Waals surface area contributed by atoms with E-state index < -0.39 is 16.7 Å². The topological polar surface area (TPSA) is 110 Å². The van der Waals surface area contributed by atoms with Crippen molar-refractivity contribution in [1.29, 1.82) is 0 Å². The molecule has 1 heterocycles. The Labute approximate surface area is 237 Å². The van der Waals surface area contributed by atoms with Crippen LogP contribution in [0, 0.1) is 10.1 Å². The molecule has 0 unspecified atom stereocenters. The van der Waals surface area contributed by atoms with Gasteiger partial charge in [-0.3, -0.25) is 19.7 Å². The second-order valence-electron chi connectivity index (χ2n) is 10.3. The van der Waals surface area contributed by atoms with Gasteiger partial charge in [-0.25, -0.2) is 4.68 Å². The fraction of sp³-hybridized carbons (Fsp3) is 0.233. The summed E-state index contributed by atoms with van der Waals surface area (Å²) in [5.74, 6) is -0.515. The van der Waals surface area contributed by atoms with Crippen molar-refractivity contribution in [3.63, 3.8) is 0 Å². The average molecular weight is 560 g/mol. The lowest BCUT2D eigenvalue weighted by Gasteiger charge is -2.22. The van der Waals surface area contributed by atoms with E-state index in [1.807, 2.05) is 63.2 Å². The molecular weight excluding hydrogens is 530 g/mol. The molecule has 4 rings (SSSR count). The number of carbonyl (C=O) groups is 2. The van der Waals surface area contributed by atoms with Gasteiger partial charge in [0, 0.05) is 35.7 Å². The fourth-order valence-corrected chi connectivity index (χ4v) is 4.31. The lowest BCUT2D eigenvalue weighted by molar-refractivity contribution is -0.384. The Balaban J connectivity index is 1.62. The molecule has 40 heavy (non-hydrogen) atoms. The largest absolute Gasteiger partial charge is 0.329 e. The average Bonchev–Trinajstić information content (AvgIpc) is 3.35. The normalized spacial score (nSPS) is 11.2. The predicted molar refractivity (Wildman–Crippen MR) is 155 cm³/mol. The van der Waals surface area contributed by atoms with E-state index in [1.54, 1.807) is 22.9 Å². The predicted octanol–water partition coefficient (Wildman–Crippen LogP) is 6.06. The number of halogens is 1. The molecule has 4 aromatic rings. The van der Waals surface area contributed by atoms with Crippen molar-refractivity contribution < 1.29 is 14.5 Å². The summed E-state index contributed by atoms with van der Waals surface area (Å²) in [6.07, 6.45) is 0.501. The van der Waals surface area contributed by atoms with E-state index >= 15 is 0 Å². The highest BCUT2D eigenvalue weighted by molar-refractivity contribution is 6.32. The molecule has 0 aliphatic rings. The minimum Gasteiger partial charge on any atom is -0.329 e. The van der Waals surface area contributed by atoms with Crippen molar-refractivity contribution in [2.24, 2.45) is 0 Å². The molecule has 0 saturated carbocycles. The number of nitro groups is 1. The summed E-state index contributed by atoms with van der Waals surface area (Å²) in [5, 5.41) is 19.3. The van der Waals surface area contributed by atoms with Crippen molar-refractivity contribution in [1.82, 2.24) is 14.7 Å². The van der Waals surface area contributed by atoms with Crippen LogP contribution < -0.4 is 5.32 Å². The highest BCUT2D eigenvalue weighted by atomic mass is 35.5. The van der Waals surface area contributed by atoms with Crippen molar-refractivity contribution in [3.8, 4) is 5.69 Å². The van der Waals surface area contributed by atoms with Gasteiger partial charge in [-0.15, -0.1) is 0 Å². The number of carbonyl (C=O) groups excluding carboxylic acids is 2. The second-order valence-corrected chi connectivity index (χ2v) is 10.8. The number of aromatic nitrogens is 2. The molecule has 0 bridgehead atoms. The van der Waals surface area contributed by atoms with Crippen LogP contribution in [0.25, 0.3) is 5.69 Å². The molecule has 1 N–H and O–H groups in total. The monoisotopic (exact) mass is 559 g/mol. The van der Waals surface area contributed by atoms with Gasteiger partial charge in [0.05, 0.1) is 21.3 Å². The van der Waals surface area contributed by atoms with Gasteiger partial charge in [0.15, 0.2) is 0 Å². The van der Waals surface area contributed by atoms with Crippen LogP contribution in [0.15, 0.2) is 84.9 Å². The Kier molecular flexibility index (Phi) is 8.64. The molecule has 3 aromatic carbocycles. The van der Waals surface area contributed by atoms with Gasteiger partial charge in [-0.2, -0.15) is 5.10 Å². The van der Waals surface area contributed by atoms with Gasteiger partial charge in [0.2, 0.25) is 5.91 Å². The van der Waals surface area contributed by atoms with Gasteiger partial charge in [-0.1, -0.05) is 80.9 Å². The molecule has 206 valence electrons. The van der Waals surface area contributed by atoms with Gasteiger partial charge in [0.25, 0.3) is 11.6 Å². The number of non-ortho nitro benzene ring substituents is 1. The van der Waals surface area contributed by atoms with Crippen molar-refractivity contribution in [3.05, 3.63) is 117 Å². The number of amides is 2. The Morgan fingerprint density at radius 1 is 1.00 bits per heavy atom. The summed E-state index contributed by atoms with van der Waals surface area (Å²) in [7, 11) is 0. The maximum atomic E-state index is 13.5. The zero-order chi connectivity index (χ0) is 28.9. The minimum absolute atomic E-state index is 0.131. The van der Waals surface area contributed by atoms with Crippen LogP contribution in [0.5, 0.6) is 0 Å². The van der Waals surface area contributed by atoms with Crippen molar-refractivity contribution in [2.45, 2.75) is 32.6 Å². The number of benzene rings is 3. The van der Waals surface area contributed by atoms with E-state index in [4.69, 9.17) is 16.7 Å². The summed E-state index contributed by atoms with van der Waals surface area (Å²) < 4.78 is 1.58. The number of anilines is 1. The van der Waals surface area contributed by atoms with Crippen molar-refractivity contribution >= 4 is 34.9 Å². The van der Waals surface area contributed by atoms with Gasteiger partial charge < -0.3 is 10.2 Å². The number of para-hydroxylation sites is 1. The zero-order valence-corrected chi connectivity index (χ0v) is 23.3. The Morgan fingerprint density at radius 2 is 1.70 bits per heavy atom. The number of nitrogens with zero attached hydrogens (tertiary/aromatic N) is 4. The maximum absolute atomic E-state index is 13.5. The molecule has 9 nitrogen and oxygen atoms in total. The number of rotatable bonds is 9. The summed E-state index contributed by atoms with van der Waals surface area (Å²) in [6, 6.07) is 24.0. The van der Waals surface area contributed by atoms with E-state index in [0.717, 1.165) is 11.3 Å². The number of nitrogens with one attached hydrogen (secondary N) is 1. The standard InChI is InChI=1S/C30H30ClN5O4/c1-30(2,3)26-19-27(35(33-26)25-15-8-7-14-24(25)31)32-28(37)20-34(17-16-21-10-5-4-6-11-21)29(38)22-12-9-13-23(18-22)36(39)40/h4-15,18-19H,16-17,20H2,1-3H3,(H,32,37). The van der Waals surface area contributed by atoms with Gasteiger partial charge in [-0.05, 0) is 30.2 Å². The van der Waals surface area contributed by atoms with Crippen LogP contribution in [-0.4, -0.2) is 44.5 Å². The Hall–Kier alpha value is -4.50. The molecule has 0 aliphatic heterocycles. The first kappa shape index (κ1) is 28.5. The van der Waals surface area contributed by atoms with E-state index in [-0.39, 0.29) is 29.8 Å². The number of hydrogen-bond acceptors (Lipinski definition) is 5. The molecule has 0 spiro atoms. The minimum atomic E-state index is -0.555. The van der Waals surface area contributed by atoms with Gasteiger partial charge >= 0.3 is 0 Å². The molecular formula is C30H30ClN5O4. The first-order chi connectivity index (χ1) is 19.0. The van der Waals surface area contributed by atoms with Crippen molar-refractivity contribution in [2.75, 3.05) is 18.4 Å². The summed E-state index contributed by atoms with van der Waals surface area (Å²) in [6.45, 7) is 6.01. The summed E-state index contributed by atoms with van der Waals surface area (Å²) in [4.78, 5) is 39.0. The highest BCUT2D eigenvalue weighted by Gasteiger charge is 2.25. The number of hydrogen-bond donors (Lipinski definition) is 1. The van der Waals surface area contributed by atoms with Crippen LogP contribution in [0.1, 0.15) is 42.4 Å². The Morgan fingerprint density at radius 3 is 2.38 bits per heavy atom. The lowest BCUT2D eigenvalue weighted by Crippen LogP contribution is -2.39. The first-order valence-electron chi connectivity index (χ1n) is 12.8. The molecule has 0 fully saturated rings. The highest BCUT2D eigenvalue weighted by Crippen LogP contribution is 2.29. The van der Waals surface area contributed by atoms with Crippen LogP contribution in [0.3, 0.4) is 0 Å². The fourth-order valence-electron chi connectivity index (χ4n) is 4.10. The molecule has 0 aliphatic carbocycles. The van der Waals surface area contributed by atoms with E-state index in [0.29, 0.717) is 22.9 Å². The molecule has 10 heteroatoms. The Bertz CT molecular complexity index is 1530. The molecule has 2 amide bonds. The molecule has 0 radical (unpaired) electrons. The number of nitro benzene ring substituents is 1. The van der Waals surface area contributed by atoms with Crippen LogP contribution >= 0.6 is 11.6 Å². The summed E-state index contributed by atoms with van der Waals surface area (Å²) >= 11 is 6.44. The third-order valence-electron chi connectivity index (χ3n) is 6.26. The van der Waals surface area contributed by atoms with Crippen LogP contribution in [0.4, 0.5) is 11.5 Å². The van der Waals surface area contributed by atoms with Crippen LogP contribution in [-0.2, 0) is 16.6 Å². The van der Waals surface area contributed by atoms with Gasteiger partial charge in [0.1, 0.15) is 12.4 Å². The maximum Gasteiger partial charge on any atom is 0.270 e. The smallest absolute Gasteiger partial charge is 0.270 e. The van der Waals surface area contributed by atoms with Crippen LogP contribution in [0.2, 0.25) is 5.02 Å². The first-order valence-corrected chi connectivity index (χ1v) is 13.1. The molecule has 0 saturated heterocycles. The molecule has 0 atom stereocenters. The lowest BCUT2D eigenvalue weighted by atomic mass is 9.92. The van der Waals surface area contributed by atoms with E-state index in [9.17, 15) is 19.7 Å². The van der Waals surface area contributed by atoms with E-state index in [1.165, 1.54) is 29.2 Å².